The highest BCUT2D eigenvalue weighted by Gasteiger charge is 2.45. The molecular weight excluding hydrogens is 331 g/mol. The maximum Gasteiger partial charge on any atom is 0.471 e. The van der Waals surface area contributed by atoms with Gasteiger partial charge in [-0.25, -0.2) is 4.79 Å². The van der Waals surface area contributed by atoms with E-state index in [1.165, 1.54) is 19.1 Å². The Morgan fingerprint density at radius 1 is 1.29 bits per heavy atom. The number of carbonyl (C=O) groups excluding carboxylic acids is 2. The number of rotatable bonds is 3. The van der Waals surface area contributed by atoms with E-state index in [2.05, 4.69) is 0 Å². The quantitative estimate of drug-likeness (QED) is 0.807. The van der Waals surface area contributed by atoms with Crippen LogP contribution in [-0.2, 0) is 14.3 Å². The number of nitrogens with one attached hydrogen (secondary N) is 1. The first-order valence-corrected chi connectivity index (χ1v) is 7.15. The van der Waals surface area contributed by atoms with Gasteiger partial charge >= 0.3 is 18.1 Å². The standard InChI is InChI=1S/C15H16F3NO5/c1-8-12(19-14(22)15(16,17)18)10(7-11(20)23-8)24-13(21)9-5-3-2-4-6-9/h2-6,8,10-12,20H,7H2,1H3,(H,19,22)/t8-,10-,11+,12+/m0/s1. The van der Waals surface area contributed by atoms with Gasteiger partial charge < -0.3 is 19.9 Å². The van der Waals surface area contributed by atoms with Crippen molar-refractivity contribution in [3.05, 3.63) is 35.9 Å². The number of alkyl halides is 3. The molecule has 6 nitrogen and oxygen atoms in total. The molecule has 1 fully saturated rings. The third-order valence-corrected chi connectivity index (χ3v) is 3.54. The summed E-state index contributed by atoms with van der Waals surface area (Å²) < 4.78 is 47.6. The molecule has 1 saturated heterocycles. The van der Waals surface area contributed by atoms with E-state index in [1.54, 1.807) is 23.5 Å². The SMILES string of the molecule is C[C@@H]1O[C@@H](O)C[C@H](OC(=O)c2ccccc2)[C@@H]1NC(=O)C(F)(F)F. The van der Waals surface area contributed by atoms with Crippen molar-refractivity contribution < 1.29 is 37.3 Å². The van der Waals surface area contributed by atoms with Crippen molar-refractivity contribution >= 4 is 11.9 Å². The van der Waals surface area contributed by atoms with E-state index in [-0.39, 0.29) is 12.0 Å². The lowest BCUT2D eigenvalue weighted by molar-refractivity contribution is -0.204. The van der Waals surface area contributed by atoms with E-state index in [1.807, 2.05) is 0 Å². The number of hydrogen-bond donors (Lipinski definition) is 2. The van der Waals surface area contributed by atoms with Crippen molar-refractivity contribution in [1.29, 1.82) is 0 Å². The molecule has 1 aliphatic rings. The van der Waals surface area contributed by atoms with Gasteiger partial charge in [-0.1, -0.05) is 18.2 Å². The van der Waals surface area contributed by atoms with Crippen LogP contribution >= 0.6 is 0 Å². The van der Waals surface area contributed by atoms with E-state index in [0.29, 0.717) is 0 Å². The first kappa shape index (κ1) is 18.2. The second-order valence-electron chi connectivity index (χ2n) is 5.34. The van der Waals surface area contributed by atoms with Crippen LogP contribution in [0.1, 0.15) is 23.7 Å². The average molecular weight is 347 g/mol. The number of benzene rings is 1. The molecule has 0 unspecified atom stereocenters. The number of carbonyl (C=O) groups is 2. The van der Waals surface area contributed by atoms with Crippen molar-refractivity contribution in [3.8, 4) is 0 Å². The Morgan fingerprint density at radius 3 is 2.50 bits per heavy atom. The van der Waals surface area contributed by atoms with Gasteiger partial charge in [0.1, 0.15) is 6.10 Å². The van der Waals surface area contributed by atoms with Crippen LogP contribution in [0.25, 0.3) is 0 Å². The molecule has 0 aliphatic carbocycles. The van der Waals surface area contributed by atoms with Crippen molar-refractivity contribution in [3.63, 3.8) is 0 Å². The molecule has 1 amide bonds. The maximum absolute atomic E-state index is 12.5. The minimum atomic E-state index is -5.08. The molecule has 132 valence electrons. The highest BCUT2D eigenvalue weighted by Crippen LogP contribution is 2.24. The normalized spacial score (nSPS) is 27.4. The fraction of sp³-hybridized carbons (Fsp3) is 0.467. The minimum absolute atomic E-state index is 0.201. The molecule has 0 spiro atoms. The summed E-state index contributed by atoms with van der Waals surface area (Å²) in [6.45, 7) is 1.37. The summed E-state index contributed by atoms with van der Waals surface area (Å²) in [5.41, 5.74) is 0.201. The van der Waals surface area contributed by atoms with Gasteiger partial charge in [-0.3, -0.25) is 4.79 Å². The van der Waals surface area contributed by atoms with Crippen molar-refractivity contribution in [2.45, 2.75) is 44.1 Å². The number of amides is 1. The second-order valence-corrected chi connectivity index (χ2v) is 5.34. The van der Waals surface area contributed by atoms with Gasteiger partial charge in [-0.2, -0.15) is 13.2 Å². The summed E-state index contributed by atoms with van der Waals surface area (Å²) >= 11 is 0. The van der Waals surface area contributed by atoms with E-state index in [9.17, 15) is 27.9 Å². The Morgan fingerprint density at radius 2 is 1.92 bits per heavy atom. The van der Waals surface area contributed by atoms with Crippen LogP contribution in [0.5, 0.6) is 0 Å². The van der Waals surface area contributed by atoms with Crippen molar-refractivity contribution in [1.82, 2.24) is 5.32 Å². The summed E-state index contributed by atoms with van der Waals surface area (Å²) in [6, 6.07) is 6.59. The van der Waals surface area contributed by atoms with Crippen LogP contribution < -0.4 is 5.32 Å². The first-order valence-electron chi connectivity index (χ1n) is 7.15. The molecule has 9 heteroatoms. The molecule has 1 aromatic rings. The van der Waals surface area contributed by atoms with Gasteiger partial charge in [0.2, 0.25) is 0 Å². The van der Waals surface area contributed by atoms with Crippen LogP contribution in [0.15, 0.2) is 30.3 Å². The van der Waals surface area contributed by atoms with Crippen LogP contribution in [0.2, 0.25) is 0 Å². The van der Waals surface area contributed by atoms with E-state index >= 15 is 0 Å². The molecule has 0 aromatic heterocycles. The highest BCUT2D eigenvalue weighted by atomic mass is 19.4. The van der Waals surface area contributed by atoms with Crippen molar-refractivity contribution in [2.75, 3.05) is 0 Å². The third kappa shape index (κ3) is 4.45. The molecule has 1 aliphatic heterocycles. The molecule has 2 rings (SSSR count). The number of aliphatic hydroxyl groups is 1. The Kier molecular flexibility index (Phi) is 5.45. The van der Waals surface area contributed by atoms with E-state index in [0.717, 1.165) is 0 Å². The monoisotopic (exact) mass is 347 g/mol. The Labute approximate surface area is 135 Å². The number of esters is 1. The molecule has 1 heterocycles. The highest BCUT2D eigenvalue weighted by molar-refractivity contribution is 5.89. The topological polar surface area (TPSA) is 84.9 Å². The lowest BCUT2D eigenvalue weighted by Gasteiger charge is -2.38. The summed E-state index contributed by atoms with van der Waals surface area (Å²) in [5.74, 6) is -2.94. The van der Waals surface area contributed by atoms with Gasteiger partial charge in [-0.05, 0) is 19.1 Å². The van der Waals surface area contributed by atoms with Crippen LogP contribution in [0.4, 0.5) is 13.2 Å². The van der Waals surface area contributed by atoms with Crippen LogP contribution in [0, 0.1) is 0 Å². The largest absolute Gasteiger partial charge is 0.471 e. The predicted molar refractivity (Wildman–Crippen MR) is 74.8 cm³/mol. The molecular formula is C15H16F3NO5. The molecule has 2 N–H and O–H groups in total. The van der Waals surface area contributed by atoms with E-state index in [4.69, 9.17) is 9.47 Å². The van der Waals surface area contributed by atoms with Crippen molar-refractivity contribution in [2.24, 2.45) is 0 Å². The minimum Gasteiger partial charge on any atom is -0.456 e. The zero-order valence-corrected chi connectivity index (χ0v) is 12.6. The molecule has 0 saturated carbocycles. The molecule has 4 atom stereocenters. The number of ether oxygens (including phenoxy) is 2. The Hall–Kier alpha value is -2.13. The second kappa shape index (κ2) is 7.18. The summed E-state index contributed by atoms with van der Waals surface area (Å²) in [6.07, 6.45) is -8.79. The lowest BCUT2D eigenvalue weighted by atomic mass is 9.99. The Balaban J connectivity index is 2.13. The molecule has 0 radical (unpaired) electrons. The van der Waals surface area contributed by atoms with Gasteiger partial charge in [0.15, 0.2) is 6.29 Å². The Bertz CT molecular complexity index is 593. The van der Waals surface area contributed by atoms with Gasteiger partial charge in [0, 0.05) is 6.42 Å². The van der Waals surface area contributed by atoms with Gasteiger partial charge in [0.05, 0.1) is 17.7 Å². The smallest absolute Gasteiger partial charge is 0.456 e. The molecule has 24 heavy (non-hydrogen) atoms. The number of hydrogen-bond acceptors (Lipinski definition) is 5. The zero-order valence-electron chi connectivity index (χ0n) is 12.6. The molecule has 0 bridgehead atoms. The fourth-order valence-electron chi connectivity index (χ4n) is 2.38. The van der Waals surface area contributed by atoms with Gasteiger partial charge in [-0.15, -0.1) is 0 Å². The summed E-state index contributed by atoms with van der Waals surface area (Å²) in [5, 5.41) is 11.4. The molecule has 1 aromatic carbocycles. The summed E-state index contributed by atoms with van der Waals surface area (Å²) in [4.78, 5) is 23.2. The zero-order chi connectivity index (χ0) is 17.9. The fourth-order valence-corrected chi connectivity index (χ4v) is 2.38. The third-order valence-electron chi connectivity index (χ3n) is 3.54. The predicted octanol–water partition coefficient (Wildman–Crippen LogP) is 1.39. The average Bonchev–Trinajstić information content (AvgIpc) is 2.50. The van der Waals surface area contributed by atoms with Crippen LogP contribution in [0.3, 0.4) is 0 Å². The van der Waals surface area contributed by atoms with Gasteiger partial charge in [0.25, 0.3) is 0 Å². The first-order chi connectivity index (χ1) is 11.2. The number of halogens is 3. The maximum atomic E-state index is 12.5. The summed E-state index contributed by atoms with van der Waals surface area (Å²) in [7, 11) is 0. The van der Waals surface area contributed by atoms with Crippen LogP contribution in [-0.4, -0.2) is 47.7 Å². The number of aliphatic hydroxyl groups excluding tert-OH is 1. The lowest BCUT2D eigenvalue weighted by Crippen LogP contribution is -2.59. The van der Waals surface area contributed by atoms with E-state index < -0.39 is 42.6 Å².